The summed E-state index contributed by atoms with van der Waals surface area (Å²) < 4.78 is 5.50. The number of nitro groups is 1. The normalized spacial score (nSPS) is 23.8. The molecule has 0 aromatic heterocycles. The van der Waals surface area contributed by atoms with Crippen molar-refractivity contribution < 1.29 is 14.5 Å². The molecule has 1 amide bonds. The lowest BCUT2D eigenvalue weighted by Crippen LogP contribution is -2.51. The molecule has 8 heteroatoms. The third-order valence-electron chi connectivity index (χ3n) is 4.97. The molecule has 1 saturated carbocycles. The third-order valence-corrected chi connectivity index (χ3v) is 5.21. The van der Waals surface area contributed by atoms with E-state index >= 15 is 0 Å². The van der Waals surface area contributed by atoms with E-state index in [2.05, 4.69) is 5.32 Å². The molecule has 7 nitrogen and oxygen atoms in total. The fourth-order valence-electron chi connectivity index (χ4n) is 3.42. The summed E-state index contributed by atoms with van der Waals surface area (Å²) in [6, 6.07) is 4.62. The number of halogens is 1. The van der Waals surface area contributed by atoms with Crippen LogP contribution in [0.3, 0.4) is 0 Å². The highest BCUT2D eigenvalue weighted by Crippen LogP contribution is 2.45. The number of nitrogens with two attached hydrogens (primary N) is 1. The van der Waals surface area contributed by atoms with Gasteiger partial charge in [-0.3, -0.25) is 10.1 Å². The molecule has 1 aromatic rings. The molecule has 0 heterocycles. The van der Waals surface area contributed by atoms with Gasteiger partial charge in [0.2, 0.25) is 0 Å². The zero-order valence-electron chi connectivity index (χ0n) is 14.7. The first-order chi connectivity index (χ1) is 11.5. The number of primary amides is 1. The fourth-order valence-corrected chi connectivity index (χ4v) is 3.59. The van der Waals surface area contributed by atoms with Gasteiger partial charge >= 0.3 is 6.09 Å². The second-order valence-corrected chi connectivity index (χ2v) is 7.94. The molecule has 1 fully saturated rings. The van der Waals surface area contributed by atoms with Crippen molar-refractivity contribution in [2.45, 2.75) is 58.1 Å². The average Bonchev–Trinajstić information content (AvgIpc) is 2.49. The van der Waals surface area contributed by atoms with Crippen molar-refractivity contribution in [2.75, 3.05) is 5.32 Å². The second-order valence-electron chi connectivity index (χ2n) is 7.50. The van der Waals surface area contributed by atoms with Crippen molar-refractivity contribution in [1.29, 1.82) is 0 Å². The molecule has 1 aliphatic carbocycles. The van der Waals surface area contributed by atoms with Crippen LogP contribution in [-0.4, -0.2) is 22.7 Å². The van der Waals surface area contributed by atoms with Gasteiger partial charge in [0.05, 0.1) is 4.92 Å². The van der Waals surface area contributed by atoms with Crippen molar-refractivity contribution in [3.05, 3.63) is 33.3 Å². The van der Waals surface area contributed by atoms with Crippen LogP contribution >= 0.6 is 11.6 Å². The Bertz CT molecular complexity index is 664. The Morgan fingerprint density at radius 2 is 2.00 bits per heavy atom. The van der Waals surface area contributed by atoms with Crippen molar-refractivity contribution in [1.82, 2.24) is 0 Å². The molecule has 0 bridgehead atoms. The van der Waals surface area contributed by atoms with Gasteiger partial charge in [0.25, 0.3) is 5.69 Å². The highest BCUT2D eigenvalue weighted by Gasteiger charge is 2.47. The van der Waals surface area contributed by atoms with Gasteiger partial charge in [-0.2, -0.15) is 0 Å². The van der Waals surface area contributed by atoms with Crippen LogP contribution in [-0.2, 0) is 4.74 Å². The number of benzene rings is 1. The number of ether oxygens (including phenoxy) is 1. The molecule has 3 N–H and O–H groups in total. The lowest BCUT2D eigenvalue weighted by Gasteiger charge is -2.47. The Morgan fingerprint density at radius 1 is 1.40 bits per heavy atom. The second kappa shape index (κ2) is 7.07. The SMILES string of the molecule is CC(C)(C)[C@]1(OC(N)=O)CC[C@H](Nc2ccc(Cl)cc2[N+](=O)[O-])CC1. The lowest BCUT2D eigenvalue weighted by atomic mass is 9.67. The van der Waals surface area contributed by atoms with E-state index in [1.54, 1.807) is 12.1 Å². The quantitative estimate of drug-likeness (QED) is 0.600. The third kappa shape index (κ3) is 4.34. The van der Waals surface area contributed by atoms with Crippen molar-refractivity contribution in [3.63, 3.8) is 0 Å². The van der Waals surface area contributed by atoms with E-state index in [0.29, 0.717) is 36.4 Å². The minimum absolute atomic E-state index is 0.0476. The van der Waals surface area contributed by atoms with Crippen LogP contribution in [0.1, 0.15) is 46.5 Å². The highest BCUT2D eigenvalue weighted by molar-refractivity contribution is 6.30. The van der Waals surface area contributed by atoms with Crippen LogP contribution in [0.15, 0.2) is 18.2 Å². The van der Waals surface area contributed by atoms with E-state index in [-0.39, 0.29) is 17.1 Å². The number of anilines is 1. The predicted molar refractivity (Wildman–Crippen MR) is 96.8 cm³/mol. The van der Waals surface area contributed by atoms with Crippen LogP contribution in [0.25, 0.3) is 0 Å². The first-order valence-electron chi connectivity index (χ1n) is 8.23. The summed E-state index contributed by atoms with van der Waals surface area (Å²) in [6.07, 6.45) is 1.93. The topological polar surface area (TPSA) is 107 Å². The number of rotatable bonds is 4. The fraction of sp³-hybridized carbons (Fsp3) is 0.588. The smallest absolute Gasteiger partial charge is 0.405 e. The van der Waals surface area contributed by atoms with Crippen LogP contribution in [0.2, 0.25) is 5.02 Å². The standard InChI is InChI=1S/C17H24ClN3O4/c1-16(2,3)17(25-15(19)22)8-6-12(7-9-17)20-13-5-4-11(18)10-14(13)21(23)24/h4-5,10,12,20H,6-9H2,1-3H3,(H2,19,22)/t12-,17-. The number of nitrogens with one attached hydrogen (secondary N) is 1. The number of hydrogen-bond acceptors (Lipinski definition) is 5. The summed E-state index contributed by atoms with van der Waals surface area (Å²) in [6.45, 7) is 6.06. The zero-order valence-corrected chi connectivity index (χ0v) is 15.4. The van der Waals surface area contributed by atoms with Crippen molar-refractivity contribution in [3.8, 4) is 0 Å². The Balaban J connectivity index is 2.12. The Kier molecular flexibility index (Phi) is 5.46. The monoisotopic (exact) mass is 369 g/mol. The van der Waals surface area contributed by atoms with Crippen LogP contribution < -0.4 is 11.1 Å². The summed E-state index contributed by atoms with van der Waals surface area (Å²) in [7, 11) is 0. The molecule has 0 aliphatic heterocycles. The van der Waals surface area contributed by atoms with Crippen LogP contribution in [0.5, 0.6) is 0 Å². The molecule has 138 valence electrons. The Labute approximate surface area is 152 Å². The van der Waals surface area contributed by atoms with Gasteiger partial charge in [0, 0.05) is 22.5 Å². The number of carbonyl (C=O) groups is 1. The molecule has 1 aliphatic rings. The number of hydrogen-bond donors (Lipinski definition) is 2. The molecular weight excluding hydrogens is 346 g/mol. The zero-order chi connectivity index (χ0) is 18.8. The maximum atomic E-state index is 11.3. The van der Waals surface area contributed by atoms with Gasteiger partial charge < -0.3 is 15.8 Å². The van der Waals surface area contributed by atoms with E-state index in [9.17, 15) is 14.9 Å². The minimum Gasteiger partial charge on any atom is -0.443 e. The molecular formula is C17H24ClN3O4. The van der Waals surface area contributed by atoms with Gasteiger partial charge in [-0.05, 0) is 37.8 Å². The Hall–Kier alpha value is -2.02. The van der Waals surface area contributed by atoms with E-state index in [0.717, 1.165) is 0 Å². The number of amides is 1. The first-order valence-corrected chi connectivity index (χ1v) is 8.61. The lowest BCUT2D eigenvalue weighted by molar-refractivity contribution is -0.384. The molecule has 1 aromatic carbocycles. The highest BCUT2D eigenvalue weighted by atomic mass is 35.5. The maximum absolute atomic E-state index is 11.3. The van der Waals surface area contributed by atoms with Gasteiger partial charge in [0.1, 0.15) is 11.3 Å². The molecule has 0 unspecified atom stereocenters. The van der Waals surface area contributed by atoms with E-state index in [1.165, 1.54) is 6.07 Å². The van der Waals surface area contributed by atoms with Crippen LogP contribution in [0.4, 0.5) is 16.2 Å². The van der Waals surface area contributed by atoms with Gasteiger partial charge in [0.15, 0.2) is 0 Å². The van der Waals surface area contributed by atoms with Gasteiger partial charge in [-0.25, -0.2) is 4.79 Å². The first kappa shape index (κ1) is 19.3. The van der Waals surface area contributed by atoms with E-state index in [4.69, 9.17) is 22.1 Å². The van der Waals surface area contributed by atoms with Gasteiger partial charge in [-0.1, -0.05) is 32.4 Å². The Morgan fingerprint density at radius 3 is 2.48 bits per heavy atom. The van der Waals surface area contributed by atoms with Gasteiger partial charge in [-0.15, -0.1) is 0 Å². The summed E-state index contributed by atoms with van der Waals surface area (Å²) in [5.74, 6) is 0. The minimum atomic E-state index is -0.769. The molecule has 0 spiro atoms. The largest absolute Gasteiger partial charge is 0.443 e. The van der Waals surface area contributed by atoms with Crippen molar-refractivity contribution in [2.24, 2.45) is 11.1 Å². The summed E-state index contributed by atoms with van der Waals surface area (Å²) in [5, 5.41) is 14.8. The number of nitro benzene ring substituents is 1. The van der Waals surface area contributed by atoms with E-state index < -0.39 is 16.6 Å². The molecule has 0 saturated heterocycles. The maximum Gasteiger partial charge on any atom is 0.405 e. The average molecular weight is 370 g/mol. The molecule has 0 atom stereocenters. The summed E-state index contributed by atoms with van der Waals surface area (Å²) in [5.41, 5.74) is 4.79. The number of nitrogens with zero attached hydrogens (tertiary/aromatic N) is 1. The summed E-state index contributed by atoms with van der Waals surface area (Å²) >= 11 is 5.85. The van der Waals surface area contributed by atoms with Crippen molar-refractivity contribution >= 4 is 29.1 Å². The predicted octanol–water partition coefficient (Wildman–Crippen LogP) is 4.48. The van der Waals surface area contributed by atoms with E-state index in [1.807, 2.05) is 20.8 Å². The van der Waals surface area contributed by atoms with Crippen LogP contribution in [0, 0.1) is 15.5 Å². The molecule has 25 heavy (non-hydrogen) atoms. The molecule has 0 radical (unpaired) electrons. The molecule has 2 rings (SSSR count). The number of carbonyl (C=O) groups excluding carboxylic acids is 1. The summed E-state index contributed by atoms with van der Waals surface area (Å²) in [4.78, 5) is 22.1.